The first-order chi connectivity index (χ1) is 12.9. The van der Waals surface area contributed by atoms with Crippen LogP contribution in [0.15, 0.2) is 0 Å². The normalized spacial score (nSPS) is 30.6. The van der Waals surface area contributed by atoms with Gasteiger partial charge in [-0.2, -0.15) is 26.3 Å². The van der Waals surface area contributed by atoms with E-state index in [0.29, 0.717) is 37.5 Å². The minimum absolute atomic E-state index is 0.256. The Morgan fingerprint density at radius 2 is 1.18 bits per heavy atom. The molecule has 0 N–H and O–H groups in total. The summed E-state index contributed by atoms with van der Waals surface area (Å²) in [6.07, 6.45) is 0.530. The van der Waals surface area contributed by atoms with Gasteiger partial charge in [-0.05, 0) is 63.2 Å². The molecule has 28 heavy (non-hydrogen) atoms. The molecule has 0 aromatic rings. The van der Waals surface area contributed by atoms with Crippen LogP contribution in [0.4, 0.5) is 35.1 Å². The van der Waals surface area contributed by atoms with Gasteiger partial charge in [0.25, 0.3) is 0 Å². The molecule has 0 aromatic heterocycles. The van der Waals surface area contributed by atoms with Gasteiger partial charge in [0.15, 0.2) is 0 Å². The predicted molar refractivity (Wildman–Crippen MR) is 85.3 cm³/mol. The van der Waals surface area contributed by atoms with Crippen LogP contribution in [0.5, 0.6) is 0 Å². The van der Waals surface area contributed by atoms with Gasteiger partial charge in [-0.3, -0.25) is 0 Å². The van der Waals surface area contributed by atoms with Gasteiger partial charge in [0.1, 0.15) is 6.61 Å². The topological polar surface area (TPSA) is 18.5 Å². The van der Waals surface area contributed by atoms with Gasteiger partial charge in [-0.25, -0.2) is 8.78 Å². The summed E-state index contributed by atoms with van der Waals surface area (Å²) in [4.78, 5) is 0. The van der Waals surface area contributed by atoms with Crippen molar-refractivity contribution >= 4 is 0 Å². The summed E-state index contributed by atoms with van der Waals surface area (Å²) >= 11 is 0. The van der Waals surface area contributed by atoms with Crippen LogP contribution in [0.1, 0.15) is 51.4 Å². The van der Waals surface area contributed by atoms with Crippen LogP contribution in [0, 0.1) is 11.8 Å². The Balaban J connectivity index is 1.81. The van der Waals surface area contributed by atoms with Gasteiger partial charge in [0.05, 0.1) is 12.2 Å². The molecular weight excluding hydrogens is 400 g/mol. The third-order valence-electron chi connectivity index (χ3n) is 6.09. The zero-order valence-corrected chi connectivity index (χ0v) is 15.6. The quantitative estimate of drug-likeness (QED) is 0.448. The van der Waals surface area contributed by atoms with E-state index in [2.05, 4.69) is 0 Å². The lowest BCUT2D eigenvalue weighted by Gasteiger charge is -2.38. The first-order valence-electron chi connectivity index (χ1n) is 9.48. The molecule has 10 heteroatoms. The van der Waals surface area contributed by atoms with E-state index in [1.54, 1.807) is 7.11 Å². The van der Waals surface area contributed by atoms with E-state index in [-0.39, 0.29) is 6.10 Å². The van der Waals surface area contributed by atoms with Crippen molar-refractivity contribution in [1.82, 2.24) is 0 Å². The molecule has 166 valence electrons. The molecule has 0 unspecified atom stereocenters. The Morgan fingerprint density at radius 3 is 1.57 bits per heavy atom. The molecule has 2 fully saturated rings. The number of methoxy groups -OCH3 is 1. The maximum atomic E-state index is 13.6. The standard InChI is InChI=1S/C18H26F8O2/c1-27-13-6-2-11(3-7-13)12-4-8-14(9-5-12)28-10-16(21,22)18(25,26)17(23,24)15(19)20/h11-15H,2-10H2,1H3. The third kappa shape index (κ3) is 4.91. The lowest BCUT2D eigenvalue weighted by Crippen LogP contribution is -2.59. The van der Waals surface area contributed by atoms with E-state index < -0.39 is 36.9 Å². The van der Waals surface area contributed by atoms with Crippen molar-refractivity contribution in [2.75, 3.05) is 13.7 Å². The van der Waals surface area contributed by atoms with Gasteiger partial charge in [0, 0.05) is 7.11 Å². The molecule has 0 heterocycles. The number of hydrogen-bond donors (Lipinski definition) is 0. The fourth-order valence-electron chi connectivity index (χ4n) is 4.22. The average Bonchev–Trinajstić information content (AvgIpc) is 2.66. The molecule has 2 nitrogen and oxygen atoms in total. The molecule has 2 saturated carbocycles. The summed E-state index contributed by atoms with van der Waals surface area (Å²) in [5.74, 6) is -16.9. The smallest absolute Gasteiger partial charge is 0.380 e. The Hall–Kier alpha value is -0.640. The molecule has 0 amide bonds. The monoisotopic (exact) mass is 426 g/mol. The zero-order valence-electron chi connectivity index (χ0n) is 15.6. The van der Waals surface area contributed by atoms with Crippen LogP contribution < -0.4 is 0 Å². The van der Waals surface area contributed by atoms with E-state index in [0.717, 1.165) is 25.7 Å². The zero-order chi connectivity index (χ0) is 21.2. The maximum absolute atomic E-state index is 13.6. The van der Waals surface area contributed by atoms with Crippen molar-refractivity contribution in [3.05, 3.63) is 0 Å². The molecule has 0 aromatic carbocycles. The molecule has 2 aliphatic rings. The molecule has 0 aliphatic heterocycles. The molecule has 0 bridgehead atoms. The Kier molecular flexibility index (Phi) is 7.61. The largest absolute Gasteiger partial charge is 0.381 e. The highest BCUT2D eigenvalue weighted by atomic mass is 19.4. The second kappa shape index (κ2) is 9.02. The van der Waals surface area contributed by atoms with Crippen LogP contribution in [-0.4, -0.2) is 50.1 Å². The number of rotatable bonds is 8. The van der Waals surface area contributed by atoms with Gasteiger partial charge in [-0.15, -0.1) is 0 Å². The van der Waals surface area contributed by atoms with Gasteiger partial charge < -0.3 is 9.47 Å². The van der Waals surface area contributed by atoms with Crippen molar-refractivity contribution in [3.8, 4) is 0 Å². The fraction of sp³-hybridized carbons (Fsp3) is 1.00. The highest BCUT2D eigenvalue weighted by Crippen LogP contribution is 2.49. The summed E-state index contributed by atoms with van der Waals surface area (Å²) < 4.78 is 114. The number of halogens is 8. The number of hydrogen-bond acceptors (Lipinski definition) is 2. The summed E-state index contributed by atoms with van der Waals surface area (Å²) in [5, 5.41) is 0. The molecular formula is C18H26F8O2. The predicted octanol–water partition coefficient (Wildman–Crippen LogP) is 5.94. The first kappa shape index (κ1) is 23.6. The number of ether oxygens (including phenoxy) is 2. The number of alkyl halides is 8. The highest BCUT2D eigenvalue weighted by molar-refractivity contribution is 4.98. The summed E-state index contributed by atoms with van der Waals surface area (Å²) in [7, 11) is 1.67. The second-order valence-electron chi connectivity index (χ2n) is 7.82. The van der Waals surface area contributed by atoms with Gasteiger partial charge >= 0.3 is 24.2 Å². The van der Waals surface area contributed by atoms with Crippen molar-refractivity contribution in [2.45, 2.75) is 87.8 Å². The van der Waals surface area contributed by atoms with Crippen LogP contribution in [0.25, 0.3) is 0 Å². The Labute approximate surface area is 158 Å². The summed E-state index contributed by atoms with van der Waals surface area (Å²) in [5.41, 5.74) is 0. The minimum Gasteiger partial charge on any atom is -0.381 e. The molecule has 0 saturated heterocycles. The summed E-state index contributed by atoms with van der Waals surface area (Å²) in [6.45, 7) is -2.02. The van der Waals surface area contributed by atoms with Crippen LogP contribution in [-0.2, 0) is 9.47 Å². The average molecular weight is 426 g/mol. The van der Waals surface area contributed by atoms with Crippen molar-refractivity contribution in [2.24, 2.45) is 11.8 Å². The van der Waals surface area contributed by atoms with E-state index >= 15 is 0 Å². The maximum Gasteiger partial charge on any atom is 0.380 e. The lowest BCUT2D eigenvalue weighted by molar-refractivity contribution is -0.347. The van der Waals surface area contributed by atoms with Crippen LogP contribution in [0.2, 0.25) is 0 Å². The summed E-state index contributed by atoms with van der Waals surface area (Å²) in [6, 6.07) is 0. The lowest BCUT2D eigenvalue weighted by atomic mass is 9.72. The molecule has 0 radical (unpaired) electrons. The van der Waals surface area contributed by atoms with E-state index in [9.17, 15) is 35.1 Å². The minimum atomic E-state index is -6.20. The molecule has 2 rings (SSSR count). The molecule has 0 spiro atoms. The fourth-order valence-corrected chi connectivity index (χ4v) is 4.22. The van der Waals surface area contributed by atoms with E-state index in [1.807, 2.05) is 0 Å². The highest BCUT2D eigenvalue weighted by Gasteiger charge is 2.75. The van der Waals surface area contributed by atoms with Gasteiger partial charge in [0.2, 0.25) is 0 Å². The van der Waals surface area contributed by atoms with Crippen LogP contribution in [0.3, 0.4) is 0 Å². The van der Waals surface area contributed by atoms with Crippen LogP contribution >= 0.6 is 0 Å². The SMILES string of the molecule is COC1CCC(C2CCC(OCC(F)(F)C(F)(F)C(F)(F)C(F)F)CC2)CC1. The van der Waals surface area contributed by atoms with E-state index in [4.69, 9.17) is 9.47 Å². The van der Waals surface area contributed by atoms with Crippen molar-refractivity contribution < 1.29 is 44.6 Å². The molecule has 0 atom stereocenters. The Morgan fingerprint density at radius 1 is 0.750 bits per heavy atom. The van der Waals surface area contributed by atoms with E-state index in [1.165, 1.54) is 0 Å². The third-order valence-corrected chi connectivity index (χ3v) is 6.09. The second-order valence-corrected chi connectivity index (χ2v) is 7.82. The van der Waals surface area contributed by atoms with Crippen molar-refractivity contribution in [1.29, 1.82) is 0 Å². The molecule has 2 aliphatic carbocycles. The van der Waals surface area contributed by atoms with Gasteiger partial charge in [-0.1, -0.05) is 0 Å². The van der Waals surface area contributed by atoms with Crippen molar-refractivity contribution in [3.63, 3.8) is 0 Å². The first-order valence-corrected chi connectivity index (χ1v) is 9.48. The Bertz CT molecular complexity index is 484.